The van der Waals surface area contributed by atoms with Crippen molar-refractivity contribution in [2.75, 3.05) is 0 Å². The van der Waals surface area contributed by atoms with Gasteiger partial charge >= 0.3 is 17.1 Å². The van der Waals surface area contributed by atoms with Crippen LogP contribution in [-0.4, -0.2) is 0 Å². The first-order chi connectivity index (χ1) is 2.00. The molecular weight excluding hydrogens is 158 g/mol. The van der Waals surface area contributed by atoms with Gasteiger partial charge < -0.3 is 23.2 Å². The zero-order chi connectivity index (χ0) is 4.00. The van der Waals surface area contributed by atoms with Crippen LogP contribution in [0.4, 0.5) is 0 Å². The third-order valence-electron chi connectivity index (χ3n) is 0. The number of rotatable bonds is 0. The van der Waals surface area contributed by atoms with E-state index in [1.807, 2.05) is 0 Å². The molecule has 0 nitrogen and oxygen atoms in total. The van der Waals surface area contributed by atoms with Gasteiger partial charge in [-0.3, -0.25) is 12.8 Å². The molecule has 0 aliphatic carbocycles. The zero-order valence-corrected chi connectivity index (χ0v) is 4.93. The van der Waals surface area contributed by atoms with Crippen molar-refractivity contribution < 1.29 is 17.1 Å². The van der Waals surface area contributed by atoms with Gasteiger partial charge in [0.25, 0.3) is 0 Å². The summed E-state index contributed by atoms with van der Waals surface area (Å²) >= 11 is 8.78. The Morgan fingerprint density at radius 3 is 0.800 bits per heavy atom. The molecule has 0 N–H and O–H groups in total. The third kappa shape index (κ3) is 40.5. The van der Waals surface area contributed by atoms with Gasteiger partial charge in [0.1, 0.15) is 0 Å². The Bertz CT molecular complexity index is 7.61. The molecule has 0 heterocycles. The van der Waals surface area contributed by atoms with E-state index in [0.29, 0.717) is 0 Å². The number of hydrogen-bond acceptors (Lipinski definition) is 0. The molecule has 5 heavy (non-hydrogen) atoms. The molecule has 0 amide bonds. The Labute approximate surface area is 53.3 Å². The summed E-state index contributed by atoms with van der Waals surface area (Å²) in [6.07, 6.45) is 5.44. The Hall–Kier alpha value is 1.10. The first-order valence-corrected chi connectivity index (χ1v) is 1.60. The largest absolute Gasteiger partial charge is 2.00 e. The van der Waals surface area contributed by atoms with Crippen LogP contribution in [0, 0.1) is 12.8 Å². The van der Waals surface area contributed by atoms with Crippen molar-refractivity contribution >= 4 is 23.2 Å². The van der Waals surface area contributed by atoms with Crippen molar-refractivity contribution in [1.82, 2.24) is 0 Å². The molecule has 0 aromatic carbocycles. The summed E-state index contributed by atoms with van der Waals surface area (Å²) in [5.41, 5.74) is 0. The standard InChI is InChI=1S/2CH2Cl.Cu/c2*1-2;/h2*1H2;/q2*-1;+2. The monoisotopic (exact) mass is 161 g/mol. The maximum Gasteiger partial charge on any atom is 2.00 e. The van der Waals surface area contributed by atoms with Gasteiger partial charge in [0.05, 0.1) is 0 Å². The van der Waals surface area contributed by atoms with E-state index in [4.69, 9.17) is 0 Å². The molecule has 0 aliphatic heterocycles. The Kier molecular flexibility index (Phi) is 234. The molecular formula is C2H4Cl2Cu. The minimum absolute atomic E-state index is 0. The predicted molar refractivity (Wildman–Crippen MR) is 22.4 cm³/mol. The van der Waals surface area contributed by atoms with Crippen LogP contribution in [-0.2, 0) is 17.1 Å². The molecule has 0 aromatic rings. The van der Waals surface area contributed by atoms with E-state index < -0.39 is 0 Å². The third-order valence-corrected chi connectivity index (χ3v) is 0. The summed E-state index contributed by atoms with van der Waals surface area (Å²) in [4.78, 5) is 0. The minimum Gasteiger partial charge on any atom is -0.352 e. The fourth-order valence-electron chi connectivity index (χ4n) is 0. The van der Waals surface area contributed by atoms with E-state index in [1.165, 1.54) is 0 Å². The summed E-state index contributed by atoms with van der Waals surface area (Å²) in [7, 11) is 0. The molecule has 0 saturated carbocycles. The topological polar surface area (TPSA) is 0 Å². The van der Waals surface area contributed by atoms with Gasteiger partial charge in [-0.2, -0.15) is 0 Å². The van der Waals surface area contributed by atoms with Crippen molar-refractivity contribution in [2.45, 2.75) is 0 Å². The van der Waals surface area contributed by atoms with Crippen LogP contribution in [0.3, 0.4) is 0 Å². The summed E-state index contributed by atoms with van der Waals surface area (Å²) < 4.78 is 0. The molecule has 3 heteroatoms. The van der Waals surface area contributed by atoms with Crippen LogP contribution in [0.5, 0.6) is 0 Å². The van der Waals surface area contributed by atoms with E-state index in [1.54, 1.807) is 0 Å². The Balaban J connectivity index is -0.0000000133. The molecule has 0 saturated heterocycles. The molecule has 0 rings (SSSR count). The van der Waals surface area contributed by atoms with E-state index >= 15 is 0 Å². The molecule has 0 spiro atoms. The first-order valence-electron chi connectivity index (χ1n) is 0.535. The van der Waals surface area contributed by atoms with Crippen molar-refractivity contribution in [1.29, 1.82) is 0 Å². The second kappa shape index (κ2) is 70.9. The van der Waals surface area contributed by atoms with Gasteiger partial charge in [-0.05, 0) is 0 Å². The zero-order valence-electron chi connectivity index (χ0n) is 2.47. The van der Waals surface area contributed by atoms with E-state index in [9.17, 15) is 0 Å². The van der Waals surface area contributed by atoms with Crippen molar-refractivity contribution in [3.63, 3.8) is 0 Å². The van der Waals surface area contributed by atoms with Gasteiger partial charge in [0.2, 0.25) is 0 Å². The summed E-state index contributed by atoms with van der Waals surface area (Å²) in [5.74, 6) is 0. The average molecular weight is 163 g/mol. The SMILES string of the molecule is [CH2-]Cl.[CH2-]Cl.[Cu+2]. The summed E-state index contributed by atoms with van der Waals surface area (Å²) in [6.45, 7) is 0. The van der Waals surface area contributed by atoms with Crippen molar-refractivity contribution in [3.8, 4) is 0 Å². The van der Waals surface area contributed by atoms with Crippen LogP contribution in [0.2, 0.25) is 0 Å². The Morgan fingerprint density at radius 2 is 0.800 bits per heavy atom. The maximum absolute atomic E-state index is 4.39. The van der Waals surface area contributed by atoms with Gasteiger partial charge in [-0.15, -0.1) is 0 Å². The van der Waals surface area contributed by atoms with Crippen LogP contribution >= 0.6 is 23.2 Å². The Morgan fingerprint density at radius 1 is 0.800 bits per heavy atom. The smallest absolute Gasteiger partial charge is 0.352 e. The molecule has 37 valence electrons. The van der Waals surface area contributed by atoms with Gasteiger partial charge in [-0.1, -0.05) is 0 Å². The van der Waals surface area contributed by atoms with E-state index in [0.717, 1.165) is 0 Å². The van der Waals surface area contributed by atoms with Crippen LogP contribution in [0.1, 0.15) is 0 Å². The van der Waals surface area contributed by atoms with Gasteiger partial charge in [-0.25, -0.2) is 0 Å². The maximum atomic E-state index is 4.39. The van der Waals surface area contributed by atoms with Gasteiger partial charge in [0, 0.05) is 0 Å². The summed E-state index contributed by atoms with van der Waals surface area (Å²) in [5, 5.41) is 0. The van der Waals surface area contributed by atoms with E-state index in [-0.39, 0.29) is 17.1 Å². The summed E-state index contributed by atoms with van der Waals surface area (Å²) in [6, 6.07) is 0. The fourth-order valence-corrected chi connectivity index (χ4v) is 0. The second-order valence-corrected chi connectivity index (χ2v) is 0. The normalized spacial score (nSPS) is 2.40. The number of halogens is 2. The molecule has 0 unspecified atom stereocenters. The molecule has 0 fully saturated rings. The first kappa shape index (κ1) is 16.5. The molecule has 0 bridgehead atoms. The molecule has 0 atom stereocenters. The van der Waals surface area contributed by atoms with Crippen LogP contribution in [0.15, 0.2) is 0 Å². The average Bonchev–Trinajstić information content (AvgIpc) is 1.50. The molecule has 0 aliphatic rings. The van der Waals surface area contributed by atoms with Crippen molar-refractivity contribution in [2.24, 2.45) is 0 Å². The number of hydrogen-bond donors (Lipinski definition) is 0. The quantitative estimate of drug-likeness (QED) is 0.378. The predicted octanol–water partition coefficient (Wildman–Crippen LogP) is 2.03. The van der Waals surface area contributed by atoms with Crippen molar-refractivity contribution in [3.05, 3.63) is 12.8 Å². The van der Waals surface area contributed by atoms with E-state index in [2.05, 4.69) is 36.0 Å². The van der Waals surface area contributed by atoms with Crippen LogP contribution in [0.25, 0.3) is 0 Å². The second-order valence-electron chi connectivity index (χ2n) is 0. The molecule has 0 aromatic heterocycles. The van der Waals surface area contributed by atoms with Crippen LogP contribution < -0.4 is 0 Å². The molecule has 1 radical (unpaired) electrons. The fraction of sp³-hybridized carbons (Fsp3) is 0. The minimum atomic E-state index is 0. The van der Waals surface area contributed by atoms with Gasteiger partial charge in [0.15, 0.2) is 0 Å².